The summed E-state index contributed by atoms with van der Waals surface area (Å²) in [6.07, 6.45) is 1.82. The van der Waals surface area contributed by atoms with Crippen LogP contribution in [0.2, 0.25) is 0 Å². The lowest BCUT2D eigenvalue weighted by Gasteiger charge is -2.21. The zero-order valence-electron chi connectivity index (χ0n) is 15.5. The number of nitrogens with zero attached hydrogens (tertiary/aromatic N) is 2. The summed E-state index contributed by atoms with van der Waals surface area (Å²) >= 11 is 0. The Morgan fingerprint density at radius 2 is 1.73 bits per heavy atom. The highest BCUT2D eigenvalue weighted by molar-refractivity contribution is 5.86. The number of carbonyl (C=O) groups excluding carboxylic acids is 1. The molecule has 0 unspecified atom stereocenters. The molecule has 0 fully saturated rings. The van der Waals surface area contributed by atoms with Crippen LogP contribution in [0.4, 0.5) is 0 Å². The number of aromatic nitrogens is 1. The predicted molar refractivity (Wildman–Crippen MR) is 106 cm³/mol. The molecule has 0 bridgehead atoms. The van der Waals surface area contributed by atoms with E-state index in [1.54, 1.807) is 0 Å². The largest absolute Gasteiger partial charge is 0.342 e. The summed E-state index contributed by atoms with van der Waals surface area (Å²) in [5.74, 6) is 0.0560. The van der Waals surface area contributed by atoms with Crippen LogP contribution in [0, 0.1) is 6.92 Å². The minimum absolute atomic E-state index is 0.00209. The van der Waals surface area contributed by atoms with Crippen molar-refractivity contribution in [1.29, 1.82) is 0 Å². The molecule has 0 N–H and O–H groups in total. The van der Waals surface area contributed by atoms with Gasteiger partial charge in [-0.15, -0.1) is 0 Å². The van der Waals surface area contributed by atoms with Gasteiger partial charge in [0.05, 0.1) is 5.52 Å². The molecular weight excluding hydrogens is 324 g/mol. The normalized spacial score (nSPS) is 10.9. The van der Waals surface area contributed by atoms with Gasteiger partial charge in [-0.2, -0.15) is 0 Å². The van der Waals surface area contributed by atoms with Crippen LogP contribution in [0.3, 0.4) is 0 Å². The van der Waals surface area contributed by atoms with Crippen molar-refractivity contribution in [2.45, 2.75) is 27.3 Å². The summed E-state index contributed by atoms with van der Waals surface area (Å²) < 4.78 is 1.91. The fourth-order valence-electron chi connectivity index (χ4n) is 3.28. The Morgan fingerprint density at radius 1 is 1.04 bits per heavy atom. The van der Waals surface area contributed by atoms with Crippen molar-refractivity contribution in [1.82, 2.24) is 9.47 Å². The van der Waals surface area contributed by atoms with E-state index in [2.05, 4.69) is 0 Å². The molecule has 0 spiro atoms. The van der Waals surface area contributed by atoms with E-state index in [4.69, 9.17) is 0 Å². The Kier molecular flexibility index (Phi) is 5.21. The SMILES string of the molecule is CCN(CC)C(=O)Cn1cc(-c2ccccc2)c(=O)c2ccc(C)cc21. The van der Waals surface area contributed by atoms with Gasteiger partial charge in [0.15, 0.2) is 5.43 Å². The molecule has 1 heterocycles. The number of likely N-dealkylation sites (N-methyl/N-ethyl adjacent to an activating group) is 1. The molecule has 1 amide bonds. The molecule has 1 aromatic heterocycles. The molecule has 2 aromatic carbocycles. The summed E-state index contributed by atoms with van der Waals surface area (Å²) in [6.45, 7) is 7.53. The van der Waals surface area contributed by atoms with E-state index in [1.165, 1.54) is 0 Å². The first kappa shape index (κ1) is 17.9. The van der Waals surface area contributed by atoms with E-state index in [0.29, 0.717) is 24.0 Å². The van der Waals surface area contributed by atoms with Crippen LogP contribution in [-0.2, 0) is 11.3 Å². The molecule has 0 aliphatic rings. The van der Waals surface area contributed by atoms with E-state index < -0.39 is 0 Å². The molecule has 4 nitrogen and oxygen atoms in total. The Labute approximate surface area is 153 Å². The molecule has 0 aliphatic heterocycles. The van der Waals surface area contributed by atoms with Crippen molar-refractivity contribution >= 4 is 16.8 Å². The van der Waals surface area contributed by atoms with Crippen molar-refractivity contribution in [2.75, 3.05) is 13.1 Å². The summed E-state index contributed by atoms with van der Waals surface area (Å²) in [5, 5.41) is 0.643. The second-order valence-electron chi connectivity index (χ2n) is 6.45. The Morgan fingerprint density at radius 3 is 2.38 bits per heavy atom. The van der Waals surface area contributed by atoms with Crippen LogP contribution in [0.15, 0.2) is 59.5 Å². The molecule has 0 saturated heterocycles. The number of fused-ring (bicyclic) bond motifs is 1. The molecule has 0 aliphatic carbocycles. The van der Waals surface area contributed by atoms with Gasteiger partial charge in [0.1, 0.15) is 6.54 Å². The van der Waals surface area contributed by atoms with Gasteiger partial charge in [-0.3, -0.25) is 9.59 Å². The topological polar surface area (TPSA) is 42.3 Å². The Bertz CT molecular complexity index is 986. The van der Waals surface area contributed by atoms with Gasteiger partial charge >= 0.3 is 0 Å². The van der Waals surface area contributed by atoms with E-state index in [-0.39, 0.29) is 17.9 Å². The summed E-state index contributed by atoms with van der Waals surface area (Å²) in [5.41, 5.74) is 3.35. The quantitative estimate of drug-likeness (QED) is 0.703. The van der Waals surface area contributed by atoms with Crippen molar-refractivity contribution in [2.24, 2.45) is 0 Å². The first-order chi connectivity index (χ1) is 12.5. The van der Waals surface area contributed by atoms with Crippen LogP contribution in [-0.4, -0.2) is 28.5 Å². The van der Waals surface area contributed by atoms with Gasteiger partial charge < -0.3 is 9.47 Å². The molecule has 0 radical (unpaired) electrons. The smallest absolute Gasteiger partial charge is 0.242 e. The van der Waals surface area contributed by atoms with Gasteiger partial charge in [-0.1, -0.05) is 36.4 Å². The molecule has 26 heavy (non-hydrogen) atoms. The second kappa shape index (κ2) is 7.56. The van der Waals surface area contributed by atoms with Crippen molar-refractivity contribution in [3.05, 3.63) is 70.5 Å². The van der Waals surface area contributed by atoms with Crippen molar-refractivity contribution in [3.63, 3.8) is 0 Å². The third-order valence-corrected chi connectivity index (χ3v) is 4.74. The Hall–Kier alpha value is -2.88. The molecule has 3 rings (SSSR count). The highest BCUT2D eigenvalue weighted by atomic mass is 16.2. The molecule has 3 aromatic rings. The first-order valence-corrected chi connectivity index (χ1v) is 9.02. The summed E-state index contributed by atoms with van der Waals surface area (Å²) in [6, 6.07) is 15.4. The average molecular weight is 348 g/mol. The predicted octanol–water partition coefficient (Wildman–Crippen LogP) is 3.85. The van der Waals surface area contributed by atoms with Crippen molar-refractivity contribution < 1.29 is 4.79 Å². The first-order valence-electron chi connectivity index (χ1n) is 9.02. The van der Waals surface area contributed by atoms with Crippen LogP contribution < -0.4 is 5.43 Å². The van der Waals surface area contributed by atoms with E-state index in [9.17, 15) is 9.59 Å². The van der Waals surface area contributed by atoms with Crippen molar-refractivity contribution in [3.8, 4) is 11.1 Å². The lowest BCUT2D eigenvalue weighted by Crippen LogP contribution is -2.33. The molecule has 0 saturated carbocycles. The fourth-order valence-corrected chi connectivity index (χ4v) is 3.28. The van der Waals surface area contributed by atoms with E-state index >= 15 is 0 Å². The summed E-state index contributed by atoms with van der Waals surface area (Å²) in [7, 11) is 0. The average Bonchev–Trinajstić information content (AvgIpc) is 2.65. The second-order valence-corrected chi connectivity index (χ2v) is 6.45. The molecule has 0 atom stereocenters. The third kappa shape index (κ3) is 3.40. The number of rotatable bonds is 5. The number of hydrogen-bond acceptors (Lipinski definition) is 2. The highest BCUT2D eigenvalue weighted by Gasteiger charge is 2.15. The van der Waals surface area contributed by atoms with Gasteiger partial charge in [0.25, 0.3) is 0 Å². The number of hydrogen-bond donors (Lipinski definition) is 0. The van der Waals surface area contributed by atoms with E-state index in [1.807, 2.05) is 85.0 Å². The standard InChI is InChI=1S/C22H24N2O2/c1-4-23(5-2)21(25)15-24-14-19(17-9-7-6-8-10-17)22(26)18-12-11-16(3)13-20(18)24/h6-14H,4-5,15H2,1-3H3. The van der Waals surface area contributed by atoms with Crippen LogP contribution in [0.5, 0.6) is 0 Å². The number of benzene rings is 2. The van der Waals surface area contributed by atoms with Gasteiger partial charge in [0, 0.05) is 30.2 Å². The van der Waals surface area contributed by atoms with Gasteiger partial charge in [-0.25, -0.2) is 0 Å². The lowest BCUT2D eigenvalue weighted by atomic mass is 10.0. The summed E-state index contributed by atoms with van der Waals surface area (Å²) in [4.78, 5) is 27.5. The zero-order valence-corrected chi connectivity index (χ0v) is 15.5. The minimum atomic E-state index is -0.00209. The fraction of sp³-hybridized carbons (Fsp3) is 0.273. The van der Waals surface area contributed by atoms with Gasteiger partial charge in [-0.05, 0) is 44.0 Å². The number of amides is 1. The maximum atomic E-state index is 13.0. The zero-order chi connectivity index (χ0) is 18.7. The lowest BCUT2D eigenvalue weighted by molar-refractivity contribution is -0.131. The maximum Gasteiger partial charge on any atom is 0.242 e. The molecule has 4 heteroatoms. The Balaban J connectivity index is 2.20. The maximum absolute atomic E-state index is 13.0. The van der Waals surface area contributed by atoms with E-state index in [0.717, 1.165) is 16.6 Å². The third-order valence-electron chi connectivity index (χ3n) is 4.74. The number of carbonyl (C=O) groups is 1. The van der Waals surface area contributed by atoms with Crippen LogP contribution in [0.1, 0.15) is 19.4 Å². The molecular formula is C22H24N2O2. The van der Waals surface area contributed by atoms with Crippen LogP contribution >= 0.6 is 0 Å². The number of aryl methyl sites for hydroxylation is 1. The minimum Gasteiger partial charge on any atom is -0.342 e. The molecule has 134 valence electrons. The monoisotopic (exact) mass is 348 g/mol. The highest BCUT2D eigenvalue weighted by Crippen LogP contribution is 2.21. The van der Waals surface area contributed by atoms with Crippen LogP contribution in [0.25, 0.3) is 22.0 Å². The van der Waals surface area contributed by atoms with Gasteiger partial charge in [0.2, 0.25) is 5.91 Å². The number of pyridine rings is 1.